The second kappa shape index (κ2) is 2.81. The van der Waals surface area contributed by atoms with Crippen LogP contribution in [-0.4, -0.2) is 13.7 Å². The van der Waals surface area contributed by atoms with Crippen LogP contribution in [0.1, 0.15) is 10.4 Å². The standard InChI is InChI=1S/C7HClO5S2/c8-7(9)2-1-3-6(15(11)12-3)4-5(2)14(10)13-4/h1H. The molecule has 2 aliphatic rings. The fourth-order valence-corrected chi connectivity index (χ4v) is 3.43. The number of fused-ring (bicyclic) bond motifs is 3. The zero-order valence-electron chi connectivity index (χ0n) is 6.81. The summed E-state index contributed by atoms with van der Waals surface area (Å²) in [4.78, 5) is 11.5. The molecule has 8 heteroatoms. The molecule has 2 aliphatic heterocycles. The monoisotopic (exact) mass is 264 g/mol. The van der Waals surface area contributed by atoms with Gasteiger partial charge in [-0.3, -0.25) is 4.79 Å². The van der Waals surface area contributed by atoms with Crippen molar-refractivity contribution in [2.24, 2.45) is 0 Å². The summed E-state index contributed by atoms with van der Waals surface area (Å²) in [5.41, 5.74) is 0.0756. The first-order chi connectivity index (χ1) is 7.09. The molecular formula is C7HClO5S2. The topological polar surface area (TPSA) is 69.7 Å². The van der Waals surface area contributed by atoms with Crippen molar-refractivity contribution in [1.29, 1.82) is 0 Å². The van der Waals surface area contributed by atoms with Gasteiger partial charge in [0.1, 0.15) is 4.90 Å². The zero-order valence-corrected chi connectivity index (χ0v) is 9.20. The summed E-state index contributed by atoms with van der Waals surface area (Å²) in [6, 6.07) is 1.32. The Kier molecular flexibility index (Phi) is 1.74. The van der Waals surface area contributed by atoms with Crippen LogP contribution in [0.15, 0.2) is 15.9 Å². The number of benzene rings is 1. The highest BCUT2D eigenvalue weighted by atomic mass is 35.5. The minimum absolute atomic E-state index is 0.0756. The quantitative estimate of drug-likeness (QED) is 0.705. The normalized spacial score (nSPS) is 24.9. The molecule has 2 atom stereocenters. The molecule has 0 N–H and O–H groups in total. The molecular weight excluding hydrogens is 264 g/mol. The van der Waals surface area contributed by atoms with Gasteiger partial charge < -0.3 is 8.37 Å². The fourth-order valence-electron chi connectivity index (χ4n) is 1.38. The highest BCUT2D eigenvalue weighted by molar-refractivity contribution is 7.83. The van der Waals surface area contributed by atoms with E-state index in [-0.39, 0.29) is 22.0 Å². The van der Waals surface area contributed by atoms with Crippen LogP contribution < -0.4 is 8.37 Å². The molecule has 0 aromatic heterocycles. The molecule has 15 heavy (non-hydrogen) atoms. The highest BCUT2D eigenvalue weighted by Crippen LogP contribution is 2.50. The summed E-state index contributed by atoms with van der Waals surface area (Å²) in [6.07, 6.45) is 0. The lowest BCUT2D eigenvalue weighted by Crippen LogP contribution is -2.25. The summed E-state index contributed by atoms with van der Waals surface area (Å²) in [7, 11) is 0. The predicted molar refractivity (Wildman–Crippen MR) is 50.7 cm³/mol. The maximum absolute atomic E-state index is 11.2. The van der Waals surface area contributed by atoms with E-state index in [4.69, 9.17) is 20.0 Å². The minimum Gasteiger partial charge on any atom is -0.395 e. The van der Waals surface area contributed by atoms with Crippen LogP contribution in [0.4, 0.5) is 0 Å². The van der Waals surface area contributed by atoms with Gasteiger partial charge in [0, 0.05) is 0 Å². The van der Waals surface area contributed by atoms with E-state index in [0.717, 1.165) is 0 Å². The van der Waals surface area contributed by atoms with E-state index >= 15 is 0 Å². The van der Waals surface area contributed by atoms with E-state index in [0.29, 0.717) is 4.90 Å². The summed E-state index contributed by atoms with van der Waals surface area (Å²) in [6.45, 7) is 0. The van der Waals surface area contributed by atoms with Gasteiger partial charge in [-0.15, -0.1) is 0 Å². The molecule has 2 unspecified atom stereocenters. The van der Waals surface area contributed by atoms with E-state index in [1.165, 1.54) is 6.07 Å². The van der Waals surface area contributed by atoms with Gasteiger partial charge >= 0.3 is 0 Å². The minimum atomic E-state index is -1.69. The zero-order chi connectivity index (χ0) is 10.7. The number of rotatable bonds is 1. The largest absolute Gasteiger partial charge is 0.395 e. The van der Waals surface area contributed by atoms with Crippen LogP contribution in [0, 0.1) is 0 Å². The second-order valence-corrected chi connectivity index (χ2v) is 5.25. The van der Waals surface area contributed by atoms with Crippen molar-refractivity contribution >= 4 is 39.0 Å². The van der Waals surface area contributed by atoms with Gasteiger partial charge in [-0.2, -0.15) is 0 Å². The molecule has 2 heterocycles. The Hall–Kier alpha value is -0.920. The Morgan fingerprint density at radius 2 is 1.87 bits per heavy atom. The molecule has 0 aliphatic carbocycles. The number of hydrogen-bond acceptors (Lipinski definition) is 5. The van der Waals surface area contributed by atoms with Crippen molar-refractivity contribution in [3.8, 4) is 11.5 Å². The van der Waals surface area contributed by atoms with Crippen LogP contribution in [-0.2, 0) is 22.2 Å². The van der Waals surface area contributed by atoms with E-state index in [1.54, 1.807) is 0 Å². The average molecular weight is 265 g/mol. The van der Waals surface area contributed by atoms with Crippen LogP contribution >= 0.6 is 11.6 Å². The van der Waals surface area contributed by atoms with Crippen LogP contribution in [0.25, 0.3) is 0 Å². The van der Waals surface area contributed by atoms with Gasteiger partial charge in [-0.25, -0.2) is 8.42 Å². The van der Waals surface area contributed by atoms with E-state index in [1.807, 2.05) is 0 Å². The summed E-state index contributed by atoms with van der Waals surface area (Å²) in [5.74, 6) is 0.479. The van der Waals surface area contributed by atoms with Gasteiger partial charge in [-0.1, -0.05) is 0 Å². The Bertz CT molecular complexity index is 567. The summed E-state index contributed by atoms with van der Waals surface area (Å²) in [5, 5.41) is -0.744. The third-order valence-electron chi connectivity index (χ3n) is 2.03. The molecule has 1 aromatic carbocycles. The molecule has 0 spiro atoms. The van der Waals surface area contributed by atoms with Crippen molar-refractivity contribution in [2.45, 2.75) is 9.79 Å². The first kappa shape index (κ1) is 9.32. The lowest BCUT2D eigenvalue weighted by Gasteiger charge is -2.28. The smallest absolute Gasteiger partial charge is 0.254 e. The number of hydrogen-bond donors (Lipinski definition) is 0. The maximum atomic E-state index is 11.2. The molecule has 5 nitrogen and oxygen atoms in total. The van der Waals surface area contributed by atoms with Gasteiger partial charge in [-0.05, 0) is 17.7 Å². The van der Waals surface area contributed by atoms with Crippen molar-refractivity contribution in [1.82, 2.24) is 0 Å². The highest BCUT2D eigenvalue weighted by Gasteiger charge is 2.43. The predicted octanol–water partition coefficient (Wildman–Crippen LogP) is 0.896. The third kappa shape index (κ3) is 1.05. The Morgan fingerprint density at radius 3 is 2.40 bits per heavy atom. The van der Waals surface area contributed by atoms with Gasteiger partial charge in [0.2, 0.25) is 22.2 Å². The molecule has 0 amide bonds. The van der Waals surface area contributed by atoms with Gasteiger partial charge in [0.25, 0.3) is 5.24 Å². The molecule has 0 radical (unpaired) electrons. The summed E-state index contributed by atoms with van der Waals surface area (Å²) >= 11 is 2.02. The molecule has 78 valence electrons. The number of carbonyl (C=O) groups is 1. The summed E-state index contributed by atoms with van der Waals surface area (Å²) < 4.78 is 31.8. The second-order valence-electron chi connectivity index (χ2n) is 2.82. The van der Waals surface area contributed by atoms with Crippen LogP contribution in [0.5, 0.6) is 11.5 Å². The third-order valence-corrected chi connectivity index (χ3v) is 4.34. The van der Waals surface area contributed by atoms with Crippen molar-refractivity contribution in [3.05, 3.63) is 11.6 Å². The van der Waals surface area contributed by atoms with Crippen LogP contribution in [0.3, 0.4) is 0 Å². The first-order valence-corrected chi connectivity index (χ1v) is 6.23. The van der Waals surface area contributed by atoms with Crippen molar-refractivity contribution in [3.63, 3.8) is 0 Å². The molecule has 3 rings (SSSR count). The van der Waals surface area contributed by atoms with E-state index in [9.17, 15) is 13.2 Å². The molecule has 0 saturated carbocycles. The first-order valence-electron chi connectivity index (χ1n) is 3.70. The Balaban J connectivity index is 2.33. The number of halogens is 1. The lowest BCUT2D eigenvalue weighted by atomic mass is 10.2. The average Bonchev–Trinajstić information content (AvgIpc) is 2.13. The van der Waals surface area contributed by atoms with Gasteiger partial charge in [0.15, 0.2) is 16.4 Å². The van der Waals surface area contributed by atoms with Crippen molar-refractivity contribution in [2.75, 3.05) is 0 Å². The molecule has 0 bridgehead atoms. The lowest BCUT2D eigenvalue weighted by molar-refractivity contribution is 0.107. The van der Waals surface area contributed by atoms with E-state index in [2.05, 4.69) is 0 Å². The maximum Gasteiger partial charge on any atom is 0.254 e. The van der Waals surface area contributed by atoms with Crippen LogP contribution in [0.2, 0.25) is 0 Å². The van der Waals surface area contributed by atoms with Gasteiger partial charge in [0.05, 0.1) is 5.56 Å². The Labute approximate surface area is 93.6 Å². The molecule has 0 fully saturated rings. The van der Waals surface area contributed by atoms with Crippen molar-refractivity contribution < 1.29 is 21.6 Å². The Morgan fingerprint density at radius 1 is 1.20 bits per heavy atom. The molecule has 0 saturated heterocycles. The number of carbonyl (C=O) groups excluding carboxylic acids is 1. The molecule has 1 aromatic rings. The fraction of sp³-hybridized carbons (Fsp3) is 0. The van der Waals surface area contributed by atoms with E-state index < -0.39 is 27.4 Å². The SMILES string of the molecule is O=C(Cl)c1cc2c(c3c1S(=O)O3)S(=O)O2.